The molecule has 0 radical (unpaired) electrons. The smallest absolute Gasteiger partial charge is 0.303 e. The third-order valence-corrected chi connectivity index (χ3v) is 3.95. The van der Waals surface area contributed by atoms with E-state index < -0.39 is 42.4 Å². The quantitative estimate of drug-likeness (QED) is 0.435. The lowest BCUT2D eigenvalue weighted by molar-refractivity contribution is -0.221. The van der Waals surface area contributed by atoms with Crippen molar-refractivity contribution in [3.05, 3.63) is 29.8 Å². The first-order valence-electron chi connectivity index (χ1n) is 8.68. The number of carbonyl (C=O) groups is 4. The molecule has 1 heterocycles. The van der Waals surface area contributed by atoms with Gasteiger partial charge in [-0.05, 0) is 31.2 Å². The van der Waals surface area contributed by atoms with Crippen LogP contribution in [0.25, 0.3) is 0 Å². The van der Waals surface area contributed by atoms with E-state index in [-0.39, 0.29) is 12.4 Å². The number of anilines is 1. The molecule has 2 rings (SSSR count). The van der Waals surface area contributed by atoms with Gasteiger partial charge in [-0.3, -0.25) is 19.2 Å². The minimum absolute atomic E-state index is 0.0709. The molecule has 1 N–H and O–H groups in total. The van der Waals surface area contributed by atoms with Crippen molar-refractivity contribution in [1.29, 1.82) is 0 Å². The van der Waals surface area contributed by atoms with Gasteiger partial charge in [-0.15, -0.1) is 0 Å². The number of carbonyl (C=O) groups excluding carboxylic acids is 4. The van der Waals surface area contributed by atoms with Crippen LogP contribution in [0.1, 0.15) is 38.1 Å². The Bertz CT molecular complexity index is 745. The fourth-order valence-electron chi connectivity index (χ4n) is 2.83. The van der Waals surface area contributed by atoms with Crippen LogP contribution in [0.5, 0.6) is 0 Å². The molecule has 0 aromatic heterocycles. The molecule has 0 bridgehead atoms. The summed E-state index contributed by atoms with van der Waals surface area (Å²) in [4.78, 5) is 45.9. The zero-order valence-corrected chi connectivity index (χ0v) is 16.1. The van der Waals surface area contributed by atoms with Crippen LogP contribution in [0.3, 0.4) is 0 Å². The maximum absolute atomic E-state index is 11.6. The van der Waals surface area contributed by atoms with Crippen LogP contribution in [0, 0.1) is 0 Å². The molecule has 1 aromatic rings. The molecule has 0 spiro atoms. The molecule has 152 valence electrons. The third kappa shape index (κ3) is 5.78. The number of ether oxygens (including phenoxy) is 4. The topological polar surface area (TPSA) is 117 Å². The number of rotatable bonds is 6. The van der Waals surface area contributed by atoms with E-state index in [0.717, 1.165) is 0 Å². The van der Waals surface area contributed by atoms with Gasteiger partial charge in [0, 0.05) is 32.0 Å². The minimum Gasteiger partial charge on any atom is -0.456 e. The van der Waals surface area contributed by atoms with Crippen LogP contribution in [-0.4, -0.2) is 54.8 Å². The maximum atomic E-state index is 11.6. The van der Waals surface area contributed by atoms with Gasteiger partial charge in [-0.1, -0.05) is 0 Å². The summed E-state index contributed by atoms with van der Waals surface area (Å²) in [5.41, 5.74) is 1.14. The molecular formula is C19H23NO8. The lowest BCUT2D eigenvalue weighted by atomic mass is 10.0. The van der Waals surface area contributed by atoms with Crippen molar-refractivity contribution < 1.29 is 38.1 Å². The van der Waals surface area contributed by atoms with Crippen LogP contribution in [0.2, 0.25) is 0 Å². The molecule has 28 heavy (non-hydrogen) atoms. The van der Waals surface area contributed by atoms with Crippen LogP contribution in [-0.2, 0) is 33.3 Å². The van der Waals surface area contributed by atoms with Crippen molar-refractivity contribution in [1.82, 2.24) is 0 Å². The number of nitrogens with one attached hydrogen (secondary N) is 1. The molecule has 9 heteroatoms. The third-order valence-electron chi connectivity index (χ3n) is 3.95. The number of hydrogen-bond acceptors (Lipinski definition) is 9. The summed E-state index contributed by atoms with van der Waals surface area (Å²) in [7, 11) is 0. The summed E-state index contributed by atoms with van der Waals surface area (Å²) in [6.45, 7) is 5.01. The lowest BCUT2D eigenvalue weighted by Gasteiger charge is -2.40. The van der Waals surface area contributed by atoms with E-state index in [2.05, 4.69) is 5.32 Å². The number of esters is 3. The maximum Gasteiger partial charge on any atom is 0.303 e. The normalized spacial score (nSPS) is 24.0. The number of ketones is 1. The van der Waals surface area contributed by atoms with E-state index in [0.29, 0.717) is 11.3 Å². The van der Waals surface area contributed by atoms with Crippen molar-refractivity contribution in [3.8, 4) is 0 Å². The molecule has 9 nitrogen and oxygen atoms in total. The standard InChI is InChI=1S/C19H23NO8/c1-10(21)14-5-7-15(8-6-14)20-19-18(28-13(4)24)17(27-12(3)23)16(9-25-19)26-11(2)22/h5-8,16-20H,9H2,1-4H3. The van der Waals surface area contributed by atoms with Crippen molar-refractivity contribution in [2.24, 2.45) is 0 Å². The summed E-state index contributed by atoms with van der Waals surface area (Å²) < 4.78 is 21.4. The Hall–Kier alpha value is -2.94. The van der Waals surface area contributed by atoms with Gasteiger partial charge < -0.3 is 24.3 Å². The van der Waals surface area contributed by atoms with Crippen LogP contribution < -0.4 is 5.32 Å². The Kier molecular flexibility index (Phi) is 7.11. The van der Waals surface area contributed by atoms with Crippen LogP contribution >= 0.6 is 0 Å². The summed E-state index contributed by atoms with van der Waals surface area (Å²) in [5, 5.41) is 3.04. The molecule has 1 fully saturated rings. The molecule has 4 unspecified atom stereocenters. The second kappa shape index (κ2) is 9.32. The summed E-state index contributed by atoms with van der Waals surface area (Å²) in [6, 6.07) is 6.62. The highest BCUT2D eigenvalue weighted by Gasteiger charge is 2.46. The SMILES string of the molecule is CC(=O)OC1COC(Nc2ccc(C(C)=O)cc2)C(OC(C)=O)C1OC(C)=O. The van der Waals surface area contributed by atoms with E-state index in [1.54, 1.807) is 24.3 Å². The minimum atomic E-state index is -1.06. The Morgan fingerprint density at radius 2 is 1.39 bits per heavy atom. The molecule has 1 aromatic carbocycles. The molecule has 0 saturated carbocycles. The van der Waals surface area contributed by atoms with Gasteiger partial charge in [0.1, 0.15) is 0 Å². The van der Waals surface area contributed by atoms with Gasteiger partial charge in [0.15, 0.2) is 30.3 Å². The average molecular weight is 393 g/mol. The molecule has 0 amide bonds. The number of benzene rings is 1. The van der Waals surface area contributed by atoms with Gasteiger partial charge in [-0.2, -0.15) is 0 Å². The average Bonchev–Trinajstić information content (AvgIpc) is 2.59. The first-order chi connectivity index (χ1) is 13.2. The predicted molar refractivity (Wildman–Crippen MR) is 96.5 cm³/mol. The van der Waals surface area contributed by atoms with Gasteiger partial charge in [-0.25, -0.2) is 0 Å². The fraction of sp³-hybridized carbons (Fsp3) is 0.474. The second-order valence-electron chi connectivity index (χ2n) is 6.33. The highest BCUT2D eigenvalue weighted by atomic mass is 16.6. The van der Waals surface area contributed by atoms with Crippen molar-refractivity contribution in [3.63, 3.8) is 0 Å². The van der Waals surface area contributed by atoms with Crippen molar-refractivity contribution >= 4 is 29.4 Å². The highest BCUT2D eigenvalue weighted by molar-refractivity contribution is 5.94. The summed E-state index contributed by atoms with van der Waals surface area (Å²) in [6.07, 6.45) is -3.91. The van der Waals surface area contributed by atoms with E-state index in [1.807, 2.05) is 0 Å². The number of Topliss-reactive ketones (excluding diaryl/α,β-unsaturated/α-hetero) is 1. The first-order valence-corrected chi connectivity index (χ1v) is 8.68. The van der Waals surface area contributed by atoms with Gasteiger partial charge in [0.2, 0.25) is 0 Å². The van der Waals surface area contributed by atoms with E-state index in [1.165, 1.54) is 27.7 Å². The first kappa shape index (κ1) is 21.4. The zero-order chi connectivity index (χ0) is 20.8. The molecule has 1 aliphatic heterocycles. The Labute approximate surface area is 162 Å². The zero-order valence-electron chi connectivity index (χ0n) is 16.1. The van der Waals surface area contributed by atoms with E-state index in [9.17, 15) is 19.2 Å². The fourth-order valence-corrected chi connectivity index (χ4v) is 2.83. The number of hydrogen-bond donors (Lipinski definition) is 1. The highest BCUT2D eigenvalue weighted by Crippen LogP contribution is 2.26. The Morgan fingerprint density at radius 1 is 0.857 bits per heavy atom. The van der Waals surface area contributed by atoms with Crippen LogP contribution in [0.4, 0.5) is 5.69 Å². The second-order valence-corrected chi connectivity index (χ2v) is 6.33. The van der Waals surface area contributed by atoms with Crippen molar-refractivity contribution in [2.45, 2.75) is 52.2 Å². The molecule has 1 aliphatic rings. The molecule has 1 saturated heterocycles. The monoisotopic (exact) mass is 393 g/mol. The molecule has 0 aliphatic carbocycles. The van der Waals surface area contributed by atoms with E-state index >= 15 is 0 Å². The Morgan fingerprint density at radius 3 is 1.89 bits per heavy atom. The van der Waals surface area contributed by atoms with Crippen LogP contribution in [0.15, 0.2) is 24.3 Å². The predicted octanol–water partition coefficient (Wildman–Crippen LogP) is 1.45. The lowest BCUT2D eigenvalue weighted by Crippen LogP contribution is -2.59. The van der Waals surface area contributed by atoms with Gasteiger partial charge >= 0.3 is 17.9 Å². The summed E-state index contributed by atoms with van der Waals surface area (Å²) >= 11 is 0. The molecular weight excluding hydrogens is 370 g/mol. The van der Waals surface area contributed by atoms with Gasteiger partial charge in [0.05, 0.1) is 6.61 Å². The summed E-state index contributed by atoms with van der Waals surface area (Å²) in [5.74, 6) is -1.89. The Balaban J connectivity index is 2.25. The van der Waals surface area contributed by atoms with E-state index in [4.69, 9.17) is 18.9 Å². The largest absolute Gasteiger partial charge is 0.456 e. The van der Waals surface area contributed by atoms with Gasteiger partial charge in [0.25, 0.3) is 0 Å². The molecule has 4 atom stereocenters. The van der Waals surface area contributed by atoms with Crippen molar-refractivity contribution in [2.75, 3.05) is 11.9 Å².